The summed E-state index contributed by atoms with van der Waals surface area (Å²) in [5.41, 5.74) is 0. The highest BCUT2D eigenvalue weighted by Gasteiger charge is 2.29. The number of amides is 1. The molecule has 0 unspecified atom stereocenters. The lowest BCUT2D eigenvalue weighted by Crippen LogP contribution is -2.32. The second kappa shape index (κ2) is 6.41. The largest absolute Gasteiger partial charge is 0.469 e. The number of carbonyl (C=O) groups excluding carboxylic acids is 1. The van der Waals surface area contributed by atoms with Crippen LogP contribution in [0, 0.1) is 0 Å². The smallest absolute Gasteiger partial charge is 0.248 e. The number of ether oxygens (including phenoxy) is 2. The molecule has 5 nitrogen and oxygen atoms in total. The van der Waals surface area contributed by atoms with Crippen LogP contribution in [0.5, 0.6) is 0 Å². The van der Waals surface area contributed by atoms with Gasteiger partial charge in [0.2, 0.25) is 5.91 Å². The summed E-state index contributed by atoms with van der Waals surface area (Å²) in [6.45, 7) is 3.02. The Morgan fingerprint density at radius 2 is 2.40 bits per heavy atom. The van der Waals surface area contributed by atoms with E-state index in [-0.39, 0.29) is 18.6 Å². The first-order chi connectivity index (χ1) is 9.83. The zero-order valence-corrected chi connectivity index (χ0v) is 11.6. The number of hydrogen-bond acceptors (Lipinski definition) is 4. The monoisotopic (exact) mass is 279 g/mol. The zero-order chi connectivity index (χ0) is 13.8. The molecule has 2 atom stereocenters. The molecule has 1 aromatic heterocycles. The SMILES string of the molecule is O=C(COC[C@H]1CCCO1)N1CC[C@@H](c2ccco2)C1. The maximum Gasteiger partial charge on any atom is 0.248 e. The van der Waals surface area contributed by atoms with Crippen molar-refractivity contribution in [3.63, 3.8) is 0 Å². The molecule has 0 aromatic carbocycles. The minimum atomic E-state index is 0.0667. The first-order valence-electron chi connectivity index (χ1n) is 7.33. The zero-order valence-electron chi connectivity index (χ0n) is 11.6. The predicted molar refractivity (Wildman–Crippen MR) is 72.4 cm³/mol. The summed E-state index contributed by atoms with van der Waals surface area (Å²) in [6, 6.07) is 3.87. The Morgan fingerprint density at radius 3 is 3.15 bits per heavy atom. The van der Waals surface area contributed by atoms with Crippen LogP contribution in [0.2, 0.25) is 0 Å². The highest BCUT2D eigenvalue weighted by atomic mass is 16.5. The number of carbonyl (C=O) groups is 1. The lowest BCUT2D eigenvalue weighted by Gasteiger charge is -2.17. The van der Waals surface area contributed by atoms with Crippen LogP contribution in [0.1, 0.15) is 30.9 Å². The van der Waals surface area contributed by atoms with Crippen LogP contribution in [-0.4, -0.2) is 49.8 Å². The molecule has 2 fully saturated rings. The van der Waals surface area contributed by atoms with Gasteiger partial charge >= 0.3 is 0 Å². The first kappa shape index (κ1) is 13.6. The second-order valence-corrected chi connectivity index (χ2v) is 5.49. The molecule has 2 aliphatic heterocycles. The van der Waals surface area contributed by atoms with Crippen molar-refractivity contribution in [1.29, 1.82) is 0 Å². The Bertz CT molecular complexity index is 425. The maximum absolute atomic E-state index is 12.1. The maximum atomic E-state index is 12.1. The van der Waals surface area contributed by atoms with Crippen LogP contribution in [-0.2, 0) is 14.3 Å². The van der Waals surface area contributed by atoms with E-state index >= 15 is 0 Å². The second-order valence-electron chi connectivity index (χ2n) is 5.49. The third-order valence-electron chi connectivity index (χ3n) is 4.04. The highest BCUT2D eigenvalue weighted by molar-refractivity contribution is 5.77. The third kappa shape index (κ3) is 3.22. The summed E-state index contributed by atoms with van der Waals surface area (Å²) in [7, 11) is 0. The lowest BCUT2D eigenvalue weighted by molar-refractivity contribution is -0.136. The predicted octanol–water partition coefficient (Wildman–Crippen LogP) is 1.79. The molecule has 110 valence electrons. The molecule has 2 saturated heterocycles. The molecule has 0 bridgehead atoms. The van der Waals surface area contributed by atoms with Crippen molar-refractivity contribution in [3.05, 3.63) is 24.2 Å². The summed E-state index contributed by atoms with van der Waals surface area (Å²) < 4.78 is 16.4. The van der Waals surface area contributed by atoms with Crippen LogP contribution >= 0.6 is 0 Å². The molecule has 3 heterocycles. The molecule has 0 saturated carbocycles. The van der Waals surface area contributed by atoms with E-state index in [0.29, 0.717) is 12.5 Å². The number of rotatable bonds is 5. The Balaban J connectivity index is 1.39. The third-order valence-corrected chi connectivity index (χ3v) is 4.04. The molecule has 3 rings (SSSR count). The standard InChI is InChI=1S/C15H21NO4/c17-15(11-18-10-13-3-1-7-19-13)16-6-5-12(9-16)14-4-2-8-20-14/h2,4,8,12-13H,1,3,5-7,9-11H2/t12-,13-/m1/s1. The minimum absolute atomic E-state index is 0.0667. The van der Waals surface area contributed by atoms with E-state index in [2.05, 4.69) is 0 Å². The number of nitrogens with zero attached hydrogens (tertiary/aromatic N) is 1. The van der Waals surface area contributed by atoms with E-state index in [1.807, 2.05) is 17.0 Å². The topological polar surface area (TPSA) is 51.9 Å². The van der Waals surface area contributed by atoms with E-state index in [9.17, 15) is 4.79 Å². The van der Waals surface area contributed by atoms with Crippen LogP contribution in [0.3, 0.4) is 0 Å². The van der Waals surface area contributed by atoms with Gasteiger partial charge in [-0.05, 0) is 31.4 Å². The van der Waals surface area contributed by atoms with Crippen LogP contribution in [0.15, 0.2) is 22.8 Å². The normalized spacial score (nSPS) is 26.3. The molecular formula is C15H21NO4. The van der Waals surface area contributed by atoms with Gasteiger partial charge in [0, 0.05) is 25.6 Å². The number of furan rings is 1. The molecule has 2 aliphatic rings. The van der Waals surface area contributed by atoms with Gasteiger partial charge in [-0.15, -0.1) is 0 Å². The summed E-state index contributed by atoms with van der Waals surface area (Å²) in [5.74, 6) is 1.37. The fourth-order valence-electron chi connectivity index (χ4n) is 2.89. The highest BCUT2D eigenvalue weighted by Crippen LogP contribution is 2.27. The van der Waals surface area contributed by atoms with Crippen molar-refractivity contribution >= 4 is 5.91 Å². The molecule has 1 aromatic rings. The van der Waals surface area contributed by atoms with Crippen molar-refractivity contribution in [1.82, 2.24) is 4.90 Å². The average Bonchev–Trinajstić information content (AvgIpc) is 3.20. The summed E-state index contributed by atoms with van der Waals surface area (Å²) in [5, 5.41) is 0. The Hall–Kier alpha value is -1.33. The van der Waals surface area contributed by atoms with Crippen LogP contribution < -0.4 is 0 Å². The fraction of sp³-hybridized carbons (Fsp3) is 0.667. The van der Waals surface area contributed by atoms with Crippen molar-refractivity contribution in [2.75, 3.05) is 32.9 Å². The molecular weight excluding hydrogens is 258 g/mol. The van der Waals surface area contributed by atoms with E-state index in [0.717, 1.165) is 44.7 Å². The van der Waals surface area contributed by atoms with Gasteiger partial charge in [-0.3, -0.25) is 4.79 Å². The summed E-state index contributed by atoms with van der Waals surface area (Å²) in [6.07, 6.45) is 4.96. The first-order valence-corrected chi connectivity index (χ1v) is 7.33. The summed E-state index contributed by atoms with van der Waals surface area (Å²) >= 11 is 0. The molecule has 0 radical (unpaired) electrons. The lowest BCUT2D eigenvalue weighted by atomic mass is 10.1. The van der Waals surface area contributed by atoms with Crippen molar-refractivity contribution in [2.45, 2.75) is 31.3 Å². The Kier molecular flexibility index (Phi) is 4.38. The van der Waals surface area contributed by atoms with Crippen molar-refractivity contribution in [2.24, 2.45) is 0 Å². The van der Waals surface area contributed by atoms with E-state index < -0.39 is 0 Å². The van der Waals surface area contributed by atoms with Crippen LogP contribution in [0.25, 0.3) is 0 Å². The van der Waals surface area contributed by atoms with E-state index in [1.54, 1.807) is 6.26 Å². The van der Waals surface area contributed by atoms with Gasteiger partial charge in [-0.25, -0.2) is 0 Å². The van der Waals surface area contributed by atoms with Crippen molar-refractivity contribution in [3.8, 4) is 0 Å². The van der Waals surface area contributed by atoms with Gasteiger partial charge in [0.25, 0.3) is 0 Å². The van der Waals surface area contributed by atoms with Crippen molar-refractivity contribution < 1.29 is 18.7 Å². The average molecular weight is 279 g/mol. The van der Waals surface area contributed by atoms with Gasteiger partial charge in [0.05, 0.1) is 19.0 Å². The van der Waals surface area contributed by atoms with E-state index in [1.165, 1.54) is 0 Å². The Labute approximate surface area is 118 Å². The molecule has 0 aliphatic carbocycles. The molecule has 5 heteroatoms. The number of hydrogen-bond donors (Lipinski definition) is 0. The van der Waals surface area contributed by atoms with E-state index in [4.69, 9.17) is 13.9 Å². The van der Waals surface area contributed by atoms with Gasteiger partial charge in [-0.2, -0.15) is 0 Å². The fourth-order valence-corrected chi connectivity index (χ4v) is 2.89. The molecule has 1 amide bonds. The summed E-state index contributed by atoms with van der Waals surface area (Å²) in [4.78, 5) is 13.9. The molecule has 20 heavy (non-hydrogen) atoms. The number of likely N-dealkylation sites (tertiary alicyclic amines) is 1. The van der Waals surface area contributed by atoms with Gasteiger partial charge in [0.1, 0.15) is 12.4 Å². The Morgan fingerprint density at radius 1 is 1.45 bits per heavy atom. The molecule has 0 N–H and O–H groups in total. The van der Waals surface area contributed by atoms with Gasteiger partial charge < -0.3 is 18.8 Å². The quantitative estimate of drug-likeness (QED) is 0.824. The van der Waals surface area contributed by atoms with Crippen LogP contribution in [0.4, 0.5) is 0 Å². The minimum Gasteiger partial charge on any atom is -0.469 e. The van der Waals surface area contributed by atoms with Gasteiger partial charge in [-0.1, -0.05) is 0 Å². The van der Waals surface area contributed by atoms with Gasteiger partial charge in [0.15, 0.2) is 0 Å². The molecule has 0 spiro atoms.